The summed E-state index contributed by atoms with van der Waals surface area (Å²) in [4.78, 5) is 20.5. The van der Waals surface area contributed by atoms with Gasteiger partial charge in [0, 0.05) is 44.3 Å². The summed E-state index contributed by atoms with van der Waals surface area (Å²) in [6.45, 7) is 5.98. The lowest BCUT2D eigenvalue weighted by molar-refractivity contribution is -0.144. The Morgan fingerprint density at radius 1 is 1.00 bits per heavy atom. The Balaban J connectivity index is 1.05. The van der Waals surface area contributed by atoms with Gasteiger partial charge in [0.15, 0.2) is 0 Å². The summed E-state index contributed by atoms with van der Waals surface area (Å²) in [6.07, 6.45) is 4.21. The van der Waals surface area contributed by atoms with Crippen LogP contribution in [0, 0.1) is 11.8 Å². The molecule has 1 aromatic heterocycles. The van der Waals surface area contributed by atoms with Crippen LogP contribution in [0.1, 0.15) is 12.8 Å². The summed E-state index contributed by atoms with van der Waals surface area (Å²) >= 11 is 0. The molecule has 0 aliphatic carbocycles. The monoisotopic (exact) mass is 486 g/mol. The van der Waals surface area contributed by atoms with Crippen molar-refractivity contribution in [3.05, 3.63) is 60.8 Å². The molecule has 3 aromatic rings. The zero-order valence-corrected chi connectivity index (χ0v) is 20.9. The number of ether oxygens (including phenoxy) is 1. The zero-order chi connectivity index (χ0) is 24.5. The maximum atomic E-state index is 13.6. The molecule has 4 fully saturated rings. The number of nitrogens with zero attached hydrogens (tertiary/aromatic N) is 6. The predicted molar refractivity (Wildman–Crippen MR) is 139 cm³/mol. The third-order valence-electron chi connectivity index (χ3n) is 8.22. The fourth-order valence-electron chi connectivity index (χ4n) is 6.25. The number of carbonyl (C=O) groups is 1. The van der Waals surface area contributed by atoms with Crippen LogP contribution in [0.2, 0.25) is 0 Å². The van der Waals surface area contributed by atoms with Gasteiger partial charge in [0.2, 0.25) is 5.91 Å². The normalized spacial score (nSPS) is 25.7. The Hall–Kier alpha value is -3.39. The number of piperidine rings is 3. The third-order valence-corrected chi connectivity index (χ3v) is 8.22. The molecule has 7 rings (SSSR count). The number of rotatable bonds is 6. The number of fused-ring (bicyclic) bond motifs is 3. The number of hydrogen-bond donors (Lipinski definition) is 0. The van der Waals surface area contributed by atoms with E-state index in [2.05, 4.69) is 43.2 Å². The van der Waals surface area contributed by atoms with E-state index in [0.717, 1.165) is 81.3 Å². The standard InChI is InChI=1S/C28H34N6O2/c1-36-27-10-6-5-9-26(27)31-13-15-32(16-14-31)28(35)24-19-33-12-11-22(24)17-23(33)18-34-20-25(29-30-34)21-7-3-2-4-8-21/h2-10,20,22-24H,11-19H2,1H3. The number of para-hydroxylation sites is 2. The van der Waals surface area contributed by atoms with E-state index in [-0.39, 0.29) is 5.92 Å². The van der Waals surface area contributed by atoms with Crippen molar-refractivity contribution in [2.24, 2.45) is 11.8 Å². The molecule has 8 heteroatoms. The molecule has 8 nitrogen and oxygen atoms in total. The van der Waals surface area contributed by atoms with Gasteiger partial charge in [-0.15, -0.1) is 5.10 Å². The first-order valence-electron chi connectivity index (χ1n) is 13.1. The Kier molecular flexibility index (Phi) is 6.35. The molecule has 36 heavy (non-hydrogen) atoms. The van der Waals surface area contributed by atoms with Gasteiger partial charge in [0.1, 0.15) is 11.4 Å². The minimum Gasteiger partial charge on any atom is -0.495 e. The van der Waals surface area contributed by atoms with E-state index in [1.807, 2.05) is 47.3 Å². The predicted octanol–water partition coefficient (Wildman–Crippen LogP) is 3.01. The molecule has 0 saturated carbocycles. The van der Waals surface area contributed by atoms with Gasteiger partial charge in [0.05, 0.1) is 31.5 Å². The third kappa shape index (κ3) is 4.46. The number of hydrogen-bond acceptors (Lipinski definition) is 6. The molecule has 0 N–H and O–H groups in total. The Morgan fingerprint density at radius 3 is 2.53 bits per heavy atom. The summed E-state index contributed by atoms with van der Waals surface area (Å²) in [5, 5.41) is 8.77. The molecule has 0 spiro atoms. The van der Waals surface area contributed by atoms with E-state index in [4.69, 9.17) is 4.74 Å². The lowest BCUT2D eigenvalue weighted by Gasteiger charge is -2.50. The maximum Gasteiger partial charge on any atom is 0.227 e. The second kappa shape index (κ2) is 9.93. The maximum absolute atomic E-state index is 13.6. The SMILES string of the molecule is COc1ccccc1N1CCN(C(=O)C2CN3CCC2CC3Cn2cc(-c3ccccc3)nn2)CC1. The first-order chi connectivity index (χ1) is 17.7. The van der Waals surface area contributed by atoms with E-state index in [1.54, 1.807) is 7.11 Å². The summed E-state index contributed by atoms with van der Waals surface area (Å²) in [6, 6.07) is 18.7. The van der Waals surface area contributed by atoms with Crippen molar-refractivity contribution in [3.8, 4) is 17.0 Å². The molecule has 4 saturated heterocycles. The second-order valence-electron chi connectivity index (χ2n) is 10.2. The van der Waals surface area contributed by atoms with Crippen LogP contribution in [0.15, 0.2) is 60.8 Å². The van der Waals surface area contributed by atoms with E-state index in [0.29, 0.717) is 17.9 Å². The van der Waals surface area contributed by atoms with Crippen LogP contribution in [0.4, 0.5) is 5.69 Å². The van der Waals surface area contributed by atoms with Gasteiger partial charge >= 0.3 is 0 Å². The molecule has 4 unspecified atom stereocenters. The minimum atomic E-state index is 0.114. The molecule has 4 aliphatic heterocycles. The molecule has 4 aliphatic rings. The molecule has 188 valence electrons. The van der Waals surface area contributed by atoms with E-state index < -0.39 is 0 Å². The quantitative estimate of drug-likeness (QED) is 0.534. The molecule has 2 bridgehead atoms. The molecule has 5 heterocycles. The Morgan fingerprint density at radius 2 is 1.78 bits per heavy atom. The average Bonchev–Trinajstić information content (AvgIpc) is 3.42. The minimum absolute atomic E-state index is 0.114. The molecule has 2 aromatic carbocycles. The molecular weight excluding hydrogens is 452 g/mol. The number of aromatic nitrogens is 3. The molecular formula is C28H34N6O2. The van der Waals surface area contributed by atoms with Gasteiger partial charge < -0.3 is 14.5 Å². The smallest absolute Gasteiger partial charge is 0.227 e. The van der Waals surface area contributed by atoms with E-state index >= 15 is 0 Å². The first kappa shape index (κ1) is 23.0. The summed E-state index contributed by atoms with van der Waals surface area (Å²) in [7, 11) is 1.71. The van der Waals surface area contributed by atoms with Crippen molar-refractivity contribution in [3.63, 3.8) is 0 Å². The fraction of sp³-hybridized carbons (Fsp3) is 0.464. The van der Waals surface area contributed by atoms with Crippen LogP contribution >= 0.6 is 0 Å². The van der Waals surface area contributed by atoms with Crippen molar-refractivity contribution < 1.29 is 9.53 Å². The number of amides is 1. The number of anilines is 1. The first-order valence-corrected chi connectivity index (χ1v) is 13.1. The van der Waals surface area contributed by atoms with Crippen molar-refractivity contribution in [2.45, 2.75) is 25.4 Å². The number of benzene rings is 2. The van der Waals surface area contributed by atoms with Gasteiger partial charge in [0.25, 0.3) is 0 Å². The van der Waals surface area contributed by atoms with Gasteiger partial charge in [-0.2, -0.15) is 0 Å². The Labute approximate surface area is 212 Å². The summed E-state index contributed by atoms with van der Waals surface area (Å²) in [5.41, 5.74) is 3.11. The molecule has 4 atom stereocenters. The number of methoxy groups -OCH3 is 1. The van der Waals surface area contributed by atoms with E-state index in [1.165, 1.54) is 0 Å². The highest BCUT2D eigenvalue weighted by Gasteiger charge is 2.44. The van der Waals surface area contributed by atoms with Crippen LogP contribution < -0.4 is 9.64 Å². The van der Waals surface area contributed by atoms with Crippen LogP contribution in [-0.4, -0.2) is 83.1 Å². The van der Waals surface area contributed by atoms with Gasteiger partial charge in [-0.25, -0.2) is 0 Å². The van der Waals surface area contributed by atoms with Gasteiger partial charge in [-0.05, 0) is 37.4 Å². The second-order valence-corrected chi connectivity index (χ2v) is 10.2. The van der Waals surface area contributed by atoms with Crippen molar-refractivity contribution in [1.29, 1.82) is 0 Å². The molecule has 1 amide bonds. The van der Waals surface area contributed by atoms with Crippen LogP contribution in [0.3, 0.4) is 0 Å². The van der Waals surface area contributed by atoms with Gasteiger partial charge in [-0.1, -0.05) is 47.7 Å². The topological polar surface area (TPSA) is 66.7 Å². The lowest BCUT2D eigenvalue weighted by Crippen LogP contribution is -2.60. The van der Waals surface area contributed by atoms with Crippen molar-refractivity contribution in [2.75, 3.05) is 51.3 Å². The highest BCUT2D eigenvalue weighted by molar-refractivity contribution is 5.80. The van der Waals surface area contributed by atoms with Gasteiger partial charge in [-0.3, -0.25) is 14.4 Å². The van der Waals surface area contributed by atoms with Crippen LogP contribution in [0.5, 0.6) is 5.75 Å². The van der Waals surface area contributed by atoms with Crippen LogP contribution in [-0.2, 0) is 11.3 Å². The fourth-order valence-corrected chi connectivity index (χ4v) is 6.25. The highest BCUT2D eigenvalue weighted by Crippen LogP contribution is 2.38. The van der Waals surface area contributed by atoms with Crippen molar-refractivity contribution in [1.82, 2.24) is 24.8 Å². The summed E-state index contributed by atoms with van der Waals surface area (Å²) < 4.78 is 7.51. The van der Waals surface area contributed by atoms with E-state index in [9.17, 15) is 4.79 Å². The average molecular weight is 487 g/mol. The largest absolute Gasteiger partial charge is 0.495 e. The summed E-state index contributed by atoms with van der Waals surface area (Å²) in [5.74, 6) is 1.80. The van der Waals surface area contributed by atoms with Crippen LogP contribution in [0.25, 0.3) is 11.3 Å². The molecule has 0 radical (unpaired) electrons. The lowest BCUT2D eigenvalue weighted by atomic mass is 9.75. The zero-order valence-electron chi connectivity index (χ0n) is 20.9. The van der Waals surface area contributed by atoms with Crippen molar-refractivity contribution >= 4 is 11.6 Å². The highest BCUT2D eigenvalue weighted by atomic mass is 16.5. The number of carbonyl (C=O) groups excluding carboxylic acids is 1. The number of piperazine rings is 1. The Bertz CT molecular complexity index is 1190.